The van der Waals surface area contributed by atoms with E-state index >= 15 is 0 Å². The number of nitrogens with one attached hydrogen (secondary N) is 1. The predicted molar refractivity (Wildman–Crippen MR) is 96.9 cm³/mol. The molecule has 0 saturated carbocycles. The third-order valence-electron chi connectivity index (χ3n) is 3.69. The molecule has 0 radical (unpaired) electrons. The van der Waals surface area contributed by atoms with Crippen LogP contribution in [-0.4, -0.2) is 12.4 Å². The van der Waals surface area contributed by atoms with Gasteiger partial charge >= 0.3 is 0 Å². The number of hydrogen-bond donors (Lipinski definition) is 1. The maximum absolute atomic E-state index is 4.55. The minimum atomic E-state index is 0.210. The molecule has 2 aromatic carbocycles. The van der Waals surface area contributed by atoms with Gasteiger partial charge in [0.05, 0.1) is 12.4 Å². The van der Waals surface area contributed by atoms with Crippen LogP contribution in [0.4, 0.5) is 5.69 Å². The van der Waals surface area contributed by atoms with Gasteiger partial charge in [-0.05, 0) is 42.0 Å². The Labute approximate surface area is 134 Å². The van der Waals surface area contributed by atoms with E-state index in [9.17, 15) is 0 Å². The SMILES string of the molecule is CC(Cc1ccc(C(C)(C)C)cc1)N=CNc1ccccc1. The molecule has 0 saturated heterocycles. The average molecular weight is 294 g/mol. The van der Waals surface area contributed by atoms with Gasteiger partial charge in [-0.15, -0.1) is 0 Å². The summed E-state index contributed by atoms with van der Waals surface area (Å²) in [4.78, 5) is 4.55. The monoisotopic (exact) mass is 294 g/mol. The van der Waals surface area contributed by atoms with Gasteiger partial charge in [-0.2, -0.15) is 0 Å². The summed E-state index contributed by atoms with van der Waals surface area (Å²) < 4.78 is 0. The van der Waals surface area contributed by atoms with E-state index in [0.717, 1.165) is 12.1 Å². The van der Waals surface area contributed by atoms with Crippen LogP contribution >= 0.6 is 0 Å². The molecule has 22 heavy (non-hydrogen) atoms. The molecule has 2 aromatic rings. The van der Waals surface area contributed by atoms with E-state index in [1.165, 1.54) is 11.1 Å². The lowest BCUT2D eigenvalue weighted by molar-refractivity contribution is 0.589. The van der Waals surface area contributed by atoms with Crippen molar-refractivity contribution in [2.75, 3.05) is 5.32 Å². The van der Waals surface area contributed by atoms with Gasteiger partial charge in [0, 0.05) is 5.69 Å². The summed E-state index contributed by atoms with van der Waals surface area (Å²) in [5, 5.41) is 3.20. The van der Waals surface area contributed by atoms with E-state index in [1.54, 1.807) is 6.34 Å². The van der Waals surface area contributed by atoms with E-state index in [-0.39, 0.29) is 11.5 Å². The van der Waals surface area contributed by atoms with E-state index in [2.05, 4.69) is 62.3 Å². The lowest BCUT2D eigenvalue weighted by atomic mass is 9.86. The van der Waals surface area contributed by atoms with Crippen LogP contribution in [0.1, 0.15) is 38.8 Å². The number of rotatable bonds is 5. The van der Waals surface area contributed by atoms with Crippen molar-refractivity contribution >= 4 is 12.0 Å². The summed E-state index contributed by atoms with van der Waals surface area (Å²) in [7, 11) is 0. The summed E-state index contributed by atoms with van der Waals surface area (Å²) in [5.74, 6) is 0. The van der Waals surface area contributed by atoms with Crippen LogP contribution in [0.2, 0.25) is 0 Å². The van der Waals surface area contributed by atoms with Gasteiger partial charge in [0.2, 0.25) is 0 Å². The summed E-state index contributed by atoms with van der Waals surface area (Å²) in [6.07, 6.45) is 2.75. The molecular formula is C20H26N2. The van der Waals surface area contributed by atoms with Crippen molar-refractivity contribution in [3.8, 4) is 0 Å². The Balaban J connectivity index is 1.88. The van der Waals surface area contributed by atoms with Gasteiger partial charge < -0.3 is 5.32 Å². The Kier molecular flexibility index (Phi) is 5.37. The van der Waals surface area contributed by atoms with E-state index in [4.69, 9.17) is 0 Å². The van der Waals surface area contributed by atoms with Gasteiger partial charge in [0.25, 0.3) is 0 Å². The molecule has 2 rings (SSSR count). The van der Waals surface area contributed by atoms with Crippen LogP contribution < -0.4 is 5.32 Å². The van der Waals surface area contributed by atoms with Crippen LogP contribution in [0, 0.1) is 0 Å². The highest BCUT2D eigenvalue weighted by atomic mass is 14.9. The zero-order valence-electron chi connectivity index (χ0n) is 14.0. The minimum Gasteiger partial charge on any atom is -0.347 e. The molecule has 0 bridgehead atoms. The van der Waals surface area contributed by atoms with E-state index < -0.39 is 0 Å². The Hall–Kier alpha value is -2.09. The van der Waals surface area contributed by atoms with Crippen LogP contribution in [0.25, 0.3) is 0 Å². The standard InChI is InChI=1S/C20H26N2/c1-16(21-15-22-19-8-6-5-7-9-19)14-17-10-12-18(13-11-17)20(2,3)4/h5-13,15-16H,14H2,1-4H3,(H,21,22). The second-order valence-electron chi connectivity index (χ2n) is 6.79. The van der Waals surface area contributed by atoms with Gasteiger partial charge in [0.15, 0.2) is 0 Å². The molecule has 1 N–H and O–H groups in total. The van der Waals surface area contributed by atoms with Crippen LogP contribution in [0.3, 0.4) is 0 Å². The molecule has 2 nitrogen and oxygen atoms in total. The Bertz CT molecular complexity index is 592. The van der Waals surface area contributed by atoms with Crippen LogP contribution in [0.15, 0.2) is 59.6 Å². The molecule has 0 amide bonds. The lowest BCUT2D eigenvalue weighted by Crippen LogP contribution is -2.11. The average Bonchev–Trinajstić information content (AvgIpc) is 2.48. The highest BCUT2D eigenvalue weighted by molar-refractivity contribution is 5.75. The molecule has 2 heteroatoms. The lowest BCUT2D eigenvalue weighted by Gasteiger charge is -2.19. The van der Waals surface area contributed by atoms with Crippen molar-refractivity contribution in [1.82, 2.24) is 0 Å². The topological polar surface area (TPSA) is 24.4 Å². The number of aliphatic imine (C=N–C) groups is 1. The van der Waals surface area contributed by atoms with Gasteiger partial charge in [-0.25, -0.2) is 0 Å². The van der Waals surface area contributed by atoms with Crippen molar-refractivity contribution in [1.29, 1.82) is 0 Å². The molecule has 1 atom stereocenters. The first kappa shape index (κ1) is 16.3. The molecule has 0 heterocycles. The largest absolute Gasteiger partial charge is 0.347 e. The third kappa shape index (κ3) is 5.03. The summed E-state index contributed by atoms with van der Waals surface area (Å²) in [6.45, 7) is 8.86. The molecular weight excluding hydrogens is 268 g/mol. The second kappa shape index (κ2) is 7.26. The smallest absolute Gasteiger partial charge is 0.0871 e. The first-order valence-electron chi connectivity index (χ1n) is 7.88. The zero-order valence-corrected chi connectivity index (χ0v) is 14.0. The van der Waals surface area contributed by atoms with E-state index in [0.29, 0.717) is 0 Å². The highest BCUT2D eigenvalue weighted by Crippen LogP contribution is 2.22. The van der Waals surface area contributed by atoms with Gasteiger partial charge in [-0.3, -0.25) is 4.99 Å². The quantitative estimate of drug-likeness (QED) is 0.605. The van der Waals surface area contributed by atoms with Crippen molar-refractivity contribution in [2.45, 2.75) is 45.6 Å². The first-order valence-corrected chi connectivity index (χ1v) is 7.88. The molecule has 116 valence electrons. The van der Waals surface area contributed by atoms with Crippen molar-refractivity contribution in [2.24, 2.45) is 4.99 Å². The zero-order chi connectivity index (χ0) is 16.0. The van der Waals surface area contributed by atoms with Crippen molar-refractivity contribution in [3.63, 3.8) is 0 Å². The number of nitrogens with zero attached hydrogens (tertiary/aromatic N) is 1. The molecule has 1 unspecified atom stereocenters. The maximum atomic E-state index is 4.55. The third-order valence-corrected chi connectivity index (χ3v) is 3.69. The molecule has 0 aliphatic rings. The maximum Gasteiger partial charge on any atom is 0.0871 e. The number of para-hydroxylation sites is 1. The normalized spacial score (nSPS) is 13.3. The second-order valence-corrected chi connectivity index (χ2v) is 6.79. The fourth-order valence-corrected chi connectivity index (χ4v) is 2.31. The van der Waals surface area contributed by atoms with Crippen molar-refractivity contribution in [3.05, 3.63) is 65.7 Å². The molecule has 0 fully saturated rings. The van der Waals surface area contributed by atoms with Gasteiger partial charge in [0.1, 0.15) is 0 Å². The number of benzene rings is 2. The summed E-state index contributed by atoms with van der Waals surface area (Å²) >= 11 is 0. The van der Waals surface area contributed by atoms with Crippen molar-refractivity contribution < 1.29 is 0 Å². The fraction of sp³-hybridized carbons (Fsp3) is 0.350. The minimum absolute atomic E-state index is 0.210. The fourth-order valence-electron chi connectivity index (χ4n) is 2.31. The molecule has 0 aliphatic heterocycles. The summed E-state index contributed by atoms with van der Waals surface area (Å²) in [6, 6.07) is 19.2. The highest BCUT2D eigenvalue weighted by Gasteiger charge is 2.13. The first-order chi connectivity index (χ1) is 10.4. The number of hydrogen-bond acceptors (Lipinski definition) is 1. The Morgan fingerprint density at radius 3 is 2.23 bits per heavy atom. The Morgan fingerprint density at radius 1 is 1.00 bits per heavy atom. The number of anilines is 1. The molecule has 0 spiro atoms. The predicted octanol–water partition coefficient (Wildman–Crippen LogP) is 5.06. The Morgan fingerprint density at radius 2 is 1.64 bits per heavy atom. The molecule has 0 aliphatic carbocycles. The summed E-state index contributed by atoms with van der Waals surface area (Å²) in [5.41, 5.74) is 3.98. The van der Waals surface area contributed by atoms with Crippen LogP contribution in [-0.2, 0) is 11.8 Å². The van der Waals surface area contributed by atoms with E-state index in [1.807, 2.05) is 30.3 Å². The van der Waals surface area contributed by atoms with Crippen LogP contribution in [0.5, 0.6) is 0 Å². The molecule has 0 aromatic heterocycles. The van der Waals surface area contributed by atoms with Gasteiger partial charge in [-0.1, -0.05) is 63.2 Å².